The van der Waals surface area contributed by atoms with Gasteiger partial charge in [-0.1, -0.05) is 44.2 Å². The van der Waals surface area contributed by atoms with E-state index < -0.39 is 17.7 Å². The van der Waals surface area contributed by atoms with Crippen LogP contribution >= 0.6 is 0 Å². The maximum Gasteiger partial charge on any atom is 0.410 e. The minimum absolute atomic E-state index is 0.00976. The lowest BCUT2D eigenvalue weighted by Gasteiger charge is -2.46. The van der Waals surface area contributed by atoms with Crippen LogP contribution in [0.15, 0.2) is 42.6 Å². The van der Waals surface area contributed by atoms with Crippen LogP contribution in [0.4, 0.5) is 10.5 Å². The molecule has 3 aliphatic rings. The van der Waals surface area contributed by atoms with Gasteiger partial charge in [-0.2, -0.15) is 0 Å². The molecule has 9 nitrogen and oxygen atoms in total. The maximum absolute atomic E-state index is 14.1. The minimum atomic E-state index is -0.638. The second kappa shape index (κ2) is 12.3. The Morgan fingerprint density at radius 3 is 2.40 bits per heavy atom. The zero-order chi connectivity index (χ0) is 30.9. The van der Waals surface area contributed by atoms with E-state index in [0.717, 1.165) is 36.2 Å². The highest BCUT2D eigenvalue weighted by Gasteiger charge is 2.44. The van der Waals surface area contributed by atoms with Crippen molar-refractivity contribution in [1.29, 1.82) is 0 Å². The van der Waals surface area contributed by atoms with Crippen LogP contribution in [0.25, 0.3) is 0 Å². The van der Waals surface area contributed by atoms with E-state index in [2.05, 4.69) is 32.0 Å². The molecule has 0 bridgehead atoms. The number of fused-ring (bicyclic) bond motifs is 1. The molecule has 2 atom stereocenters. The standard InChI is InChI=1S/C34H47N5O4/c1-24-20-37(29(31(41)36-15-11-8-12-16-36)21-38(24)32(42)43-33(2,3)4)22-30(40)39-23-34(5,6)27-19-35-26(18-28(27)39)17-25-13-9-7-10-14-25/h7,9-10,13-14,18-19,24,29H,8,11-12,15-17,20-23H2,1-6H3/t24-,29-/m1/s1. The number of hydrogen-bond donors (Lipinski definition) is 0. The Morgan fingerprint density at radius 2 is 1.72 bits per heavy atom. The molecule has 3 amide bonds. The van der Waals surface area contributed by atoms with Crippen LogP contribution in [0.2, 0.25) is 0 Å². The summed E-state index contributed by atoms with van der Waals surface area (Å²) in [6, 6.07) is 11.4. The van der Waals surface area contributed by atoms with Crippen molar-refractivity contribution >= 4 is 23.6 Å². The first kappa shape index (κ1) is 31.0. The van der Waals surface area contributed by atoms with E-state index in [1.54, 1.807) is 4.90 Å². The maximum atomic E-state index is 14.1. The highest BCUT2D eigenvalue weighted by atomic mass is 16.6. The minimum Gasteiger partial charge on any atom is -0.444 e. The van der Waals surface area contributed by atoms with Gasteiger partial charge in [-0.05, 0) is 58.6 Å². The largest absolute Gasteiger partial charge is 0.444 e. The number of piperazine rings is 1. The van der Waals surface area contributed by atoms with Gasteiger partial charge in [0.2, 0.25) is 11.8 Å². The fourth-order valence-electron chi connectivity index (χ4n) is 6.54. The second-order valence-corrected chi connectivity index (χ2v) is 14.0. The third kappa shape index (κ3) is 7.03. The molecule has 1 aromatic heterocycles. The molecule has 1 aromatic carbocycles. The normalized spacial score (nSPS) is 22.3. The summed E-state index contributed by atoms with van der Waals surface area (Å²) in [5.41, 5.74) is 3.16. The number of amides is 3. The van der Waals surface area contributed by atoms with E-state index in [9.17, 15) is 14.4 Å². The van der Waals surface area contributed by atoms with Crippen molar-refractivity contribution in [2.24, 2.45) is 0 Å². The molecule has 232 valence electrons. The number of anilines is 1. The number of piperidine rings is 1. The Hall–Kier alpha value is -3.46. The van der Waals surface area contributed by atoms with E-state index in [1.807, 2.05) is 66.8 Å². The van der Waals surface area contributed by atoms with Crippen molar-refractivity contribution < 1.29 is 19.1 Å². The molecule has 9 heteroatoms. The molecule has 4 heterocycles. The Labute approximate surface area is 256 Å². The van der Waals surface area contributed by atoms with Gasteiger partial charge in [0.1, 0.15) is 11.6 Å². The highest BCUT2D eigenvalue weighted by Crippen LogP contribution is 2.40. The predicted octanol–water partition coefficient (Wildman–Crippen LogP) is 4.62. The van der Waals surface area contributed by atoms with Gasteiger partial charge >= 0.3 is 6.09 Å². The number of ether oxygens (including phenoxy) is 1. The summed E-state index contributed by atoms with van der Waals surface area (Å²) >= 11 is 0. The molecule has 3 aliphatic heterocycles. The van der Waals surface area contributed by atoms with Gasteiger partial charge in [0.25, 0.3) is 0 Å². The second-order valence-electron chi connectivity index (χ2n) is 14.0. The van der Waals surface area contributed by atoms with Crippen LogP contribution in [0.3, 0.4) is 0 Å². The molecule has 5 rings (SSSR count). The van der Waals surface area contributed by atoms with Gasteiger partial charge in [0, 0.05) is 68.1 Å². The molecule has 0 spiro atoms. The lowest BCUT2D eigenvalue weighted by atomic mass is 9.88. The van der Waals surface area contributed by atoms with Crippen LogP contribution in [0.1, 0.15) is 77.6 Å². The van der Waals surface area contributed by atoms with Crippen LogP contribution < -0.4 is 4.90 Å². The number of aromatic nitrogens is 1. The van der Waals surface area contributed by atoms with Crippen molar-refractivity contribution in [2.45, 2.75) is 90.3 Å². The fourth-order valence-corrected chi connectivity index (χ4v) is 6.54. The number of carbonyl (C=O) groups excluding carboxylic acids is 3. The summed E-state index contributed by atoms with van der Waals surface area (Å²) in [7, 11) is 0. The molecule has 2 aromatic rings. The van der Waals surface area contributed by atoms with Gasteiger partial charge < -0.3 is 19.4 Å². The number of benzene rings is 1. The molecule has 0 unspecified atom stereocenters. The van der Waals surface area contributed by atoms with E-state index in [0.29, 0.717) is 32.6 Å². The average molecular weight is 590 g/mol. The molecule has 2 saturated heterocycles. The number of hydrogen-bond acceptors (Lipinski definition) is 6. The summed E-state index contributed by atoms with van der Waals surface area (Å²) in [5.74, 6) is -0.0532. The lowest BCUT2D eigenvalue weighted by molar-refractivity contribution is -0.142. The smallest absolute Gasteiger partial charge is 0.410 e. The van der Waals surface area contributed by atoms with Crippen molar-refractivity contribution in [3.63, 3.8) is 0 Å². The lowest BCUT2D eigenvalue weighted by Crippen LogP contribution is -2.65. The highest BCUT2D eigenvalue weighted by molar-refractivity contribution is 5.98. The van der Waals surface area contributed by atoms with Gasteiger partial charge in [-0.25, -0.2) is 4.79 Å². The van der Waals surface area contributed by atoms with Crippen molar-refractivity contribution in [3.8, 4) is 0 Å². The number of rotatable bonds is 5. The van der Waals surface area contributed by atoms with E-state index >= 15 is 0 Å². The zero-order valence-corrected chi connectivity index (χ0v) is 26.6. The van der Waals surface area contributed by atoms with Gasteiger partial charge in [-0.15, -0.1) is 0 Å². The number of pyridine rings is 1. The van der Waals surface area contributed by atoms with Crippen LogP contribution in [0.5, 0.6) is 0 Å². The topological polar surface area (TPSA) is 86.3 Å². The summed E-state index contributed by atoms with van der Waals surface area (Å²) in [6.45, 7) is 14.5. The monoisotopic (exact) mass is 589 g/mol. The number of carbonyl (C=O) groups is 3. The number of likely N-dealkylation sites (tertiary alicyclic amines) is 1. The summed E-state index contributed by atoms with van der Waals surface area (Å²) in [6.07, 6.45) is 5.25. The molecule has 0 aliphatic carbocycles. The van der Waals surface area contributed by atoms with Crippen molar-refractivity contribution in [1.82, 2.24) is 19.7 Å². The molecule has 0 radical (unpaired) electrons. The Balaban J connectivity index is 1.38. The van der Waals surface area contributed by atoms with Gasteiger partial charge in [0.15, 0.2) is 0 Å². The molecule has 0 N–H and O–H groups in total. The SMILES string of the molecule is C[C@@H]1CN(CC(=O)N2CC(C)(C)c3cnc(Cc4ccccc4)cc32)[C@@H](C(=O)N2CCCCC2)CN1C(=O)OC(C)(C)C. The van der Waals surface area contributed by atoms with Crippen LogP contribution in [0, 0.1) is 0 Å². The molecular weight excluding hydrogens is 542 g/mol. The van der Waals surface area contributed by atoms with Gasteiger partial charge in [-0.3, -0.25) is 19.5 Å². The molecule has 43 heavy (non-hydrogen) atoms. The van der Waals surface area contributed by atoms with Crippen molar-refractivity contribution in [2.75, 3.05) is 44.2 Å². The Morgan fingerprint density at radius 1 is 1.02 bits per heavy atom. The first-order valence-electron chi connectivity index (χ1n) is 15.7. The van der Waals surface area contributed by atoms with Crippen molar-refractivity contribution in [3.05, 3.63) is 59.4 Å². The fraction of sp³-hybridized carbons (Fsp3) is 0.588. The zero-order valence-electron chi connectivity index (χ0n) is 26.6. The van der Waals surface area contributed by atoms with Crippen LogP contribution in [-0.2, 0) is 26.2 Å². The van der Waals surface area contributed by atoms with E-state index in [4.69, 9.17) is 9.72 Å². The summed E-state index contributed by atoms with van der Waals surface area (Å²) < 4.78 is 5.70. The average Bonchev–Trinajstić information content (AvgIpc) is 3.22. The third-order valence-electron chi connectivity index (χ3n) is 8.80. The molecule has 2 fully saturated rings. The predicted molar refractivity (Wildman–Crippen MR) is 167 cm³/mol. The summed E-state index contributed by atoms with van der Waals surface area (Å²) in [4.78, 5) is 53.4. The third-order valence-corrected chi connectivity index (χ3v) is 8.80. The van der Waals surface area contributed by atoms with E-state index in [1.165, 1.54) is 5.56 Å². The van der Waals surface area contributed by atoms with Crippen LogP contribution in [-0.4, -0.2) is 94.5 Å². The first-order valence-corrected chi connectivity index (χ1v) is 15.7. The van der Waals surface area contributed by atoms with E-state index in [-0.39, 0.29) is 36.4 Å². The van der Waals surface area contributed by atoms with Gasteiger partial charge in [0.05, 0.1) is 12.2 Å². The Bertz CT molecular complexity index is 1330. The summed E-state index contributed by atoms with van der Waals surface area (Å²) in [5, 5.41) is 0. The first-order chi connectivity index (χ1) is 20.3. The molecule has 0 saturated carbocycles. The molecular formula is C34H47N5O4. The Kier molecular flexibility index (Phi) is 8.84. The number of nitrogens with zero attached hydrogens (tertiary/aromatic N) is 5. The quantitative estimate of drug-likeness (QED) is 0.506.